The summed E-state index contributed by atoms with van der Waals surface area (Å²) in [6.45, 7) is 2.37. The van der Waals surface area contributed by atoms with E-state index in [1.807, 2.05) is 6.07 Å². The summed E-state index contributed by atoms with van der Waals surface area (Å²) in [6.07, 6.45) is 3.97. The Kier molecular flexibility index (Phi) is 3.76. The van der Waals surface area contributed by atoms with E-state index in [1.54, 1.807) is 0 Å². The van der Waals surface area contributed by atoms with Crippen molar-refractivity contribution in [1.82, 2.24) is 5.32 Å². The molecule has 0 amide bonds. The Bertz CT molecular complexity index is 423. The van der Waals surface area contributed by atoms with Gasteiger partial charge in [0.05, 0.1) is 0 Å². The minimum absolute atomic E-state index is 0. The van der Waals surface area contributed by atoms with Gasteiger partial charge >= 0.3 is 0 Å². The summed E-state index contributed by atoms with van der Waals surface area (Å²) in [6, 6.07) is 10.3. The maximum Gasteiger partial charge on any atom is 0.0270 e. The Morgan fingerprint density at radius 3 is 2.53 bits per heavy atom. The van der Waals surface area contributed by atoms with Crippen LogP contribution in [0.4, 0.5) is 0 Å². The van der Waals surface area contributed by atoms with Gasteiger partial charge in [0.1, 0.15) is 0 Å². The van der Waals surface area contributed by atoms with Crippen molar-refractivity contribution in [2.75, 3.05) is 13.1 Å². The summed E-state index contributed by atoms with van der Waals surface area (Å²) in [5.41, 5.74) is 1.74. The second-order valence-electron chi connectivity index (χ2n) is 5.00. The Morgan fingerprint density at radius 2 is 1.82 bits per heavy atom. The Labute approximate surface area is 109 Å². The van der Waals surface area contributed by atoms with Crippen molar-refractivity contribution in [1.29, 1.82) is 0 Å². The molecule has 1 saturated heterocycles. The van der Waals surface area contributed by atoms with Gasteiger partial charge in [-0.2, -0.15) is 0 Å². The standard InChI is InChI=1S/C15H17N.ClH/c1-2-4-13(5-3-1)6-7-14-12-15(14)8-10-16-11-9-15;/h1-5,14,16H,8-12H2;1H. The fourth-order valence-corrected chi connectivity index (χ4v) is 2.72. The SMILES string of the molecule is C(#CC1CC12CCNCC2)c1ccccc1.Cl. The zero-order valence-corrected chi connectivity index (χ0v) is 10.7. The number of halogens is 1. The van der Waals surface area contributed by atoms with Gasteiger partial charge in [0.25, 0.3) is 0 Å². The molecule has 1 N–H and O–H groups in total. The van der Waals surface area contributed by atoms with Crippen molar-refractivity contribution in [3.63, 3.8) is 0 Å². The van der Waals surface area contributed by atoms with E-state index in [1.165, 1.54) is 32.4 Å². The normalized spacial score (nSPS) is 24.4. The van der Waals surface area contributed by atoms with Crippen LogP contribution in [0, 0.1) is 23.2 Å². The number of rotatable bonds is 0. The van der Waals surface area contributed by atoms with Crippen molar-refractivity contribution in [3.05, 3.63) is 35.9 Å². The van der Waals surface area contributed by atoms with Crippen LogP contribution in [-0.4, -0.2) is 13.1 Å². The predicted molar refractivity (Wildman–Crippen MR) is 73.2 cm³/mol. The second kappa shape index (κ2) is 5.12. The van der Waals surface area contributed by atoms with E-state index < -0.39 is 0 Å². The molecule has 1 aliphatic carbocycles. The van der Waals surface area contributed by atoms with Crippen molar-refractivity contribution in [3.8, 4) is 11.8 Å². The lowest BCUT2D eigenvalue weighted by molar-refractivity contribution is 0.339. The van der Waals surface area contributed by atoms with Gasteiger partial charge in [-0.25, -0.2) is 0 Å². The van der Waals surface area contributed by atoms with Gasteiger partial charge in [-0.15, -0.1) is 12.4 Å². The Balaban J connectivity index is 0.00000108. The molecular formula is C15H18ClN. The van der Waals surface area contributed by atoms with Crippen LogP contribution in [0.15, 0.2) is 30.3 Å². The zero-order valence-electron chi connectivity index (χ0n) is 9.91. The van der Waals surface area contributed by atoms with Gasteiger partial charge in [0.2, 0.25) is 0 Å². The van der Waals surface area contributed by atoms with E-state index in [0.717, 1.165) is 5.56 Å². The smallest absolute Gasteiger partial charge is 0.0270 e. The summed E-state index contributed by atoms with van der Waals surface area (Å²) in [4.78, 5) is 0. The molecule has 0 aromatic heterocycles. The van der Waals surface area contributed by atoms with Gasteiger partial charge in [0.15, 0.2) is 0 Å². The number of hydrogen-bond donors (Lipinski definition) is 1. The first-order valence-electron chi connectivity index (χ1n) is 6.16. The highest BCUT2D eigenvalue weighted by Gasteiger charge is 2.52. The van der Waals surface area contributed by atoms with E-state index in [-0.39, 0.29) is 12.4 Å². The van der Waals surface area contributed by atoms with Gasteiger partial charge in [-0.3, -0.25) is 0 Å². The van der Waals surface area contributed by atoms with Crippen LogP contribution in [0.2, 0.25) is 0 Å². The summed E-state index contributed by atoms with van der Waals surface area (Å²) >= 11 is 0. The molecule has 3 rings (SSSR count). The van der Waals surface area contributed by atoms with Crippen LogP contribution >= 0.6 is 12.4 Å². The van der Waals surface area contributed by atoms with Gasteiger partial charge in [-0.05, 0) is 49.9 Å². The largest absolute Gasteiger partial charge is 0.317 e. The maximum absolute atomic E-state index is 3.46. The third-order valence-corrected chi connectivity index (χ3v) is 3.95. The molecule has 2 aliphatic rings. The molecule has 17 heavy (non-hydrogen) atoms. The first-order valence-corrected chi connectivity index (χ1v) is 6.16. The lowest BCUT2D eigenvalue weighted by Gasteiger charge is -2.22. The second-order valence-corrected chi connectivity index (χ2v) is 5.00. The highest BCUT2D eigenvalue weighted by atomic mass is 35.5. The summed E-state index contributed by atoms with van der Waals surface area (Å²) in [5, 5.41) is 3.43. The summed E-state index contributed by atoms with van der Waals surface area (Å²) < 4.78 is 0. The van der Waals surface area contributed by atoms with Crippen LogP contribution in [0.5, 0.6) is 0 Å². The molecule has 1 aromatic rings. The van der Waals surface area contributed by atoms with Crippen molar-refractivity contribution < 1.29 is 0 Å². The fourth-order valence-electron chi connectivity index (χ4n) is 2.72. The average Bonchev–Trinajstić information content (AvgIpc) is 3.01. The number of nitrogens with one attached hydrogen (secondary N) is 1. The van der Waals surface area contributed by atoms with Crippen molar-refractivity contribution in [2.24, 2.45) is 11.3 Å². The lowest BCUT2D eigenvalue weighted by Crippen LogP contribution is -2.29. The molecule has 1 unspecified atom stereocenters. The van der Waals surface area contributed by atoms with E-state index in [4.69, 9.17) is 0 Å². The average molecular weight is 248 g/mol. The quantitative estimate of drug-likeness (QED) is 0.696. The Hall–Kier alpha value is -0.970. The molecule has 1 saturated carbocycles. The molecule has 1 aliphatic heterocycles. The third-order valence-electron chi connectivity index (χ3n) is 3.95. The molecule has 90 valence electrons. The van der Waals surface area contributed by atoms with Crippen LogP contribution < -0.4 is 5.32 Å². The maximum atomic E-state index is 3.46. The van der Waals surface area contributed by atoms with Crippen LogP contribution in [-0.2, 0) is 0 Å². The number of hydrogen-bond acceptors (Lipinski definition) is 1. The van der Waals surface area contributed by atoms with Gasteiger partial charge in [0, 0.05) is 11.5 Å². The molecule has 1 atom stereocenters. The molecule has 2 fully saturated rings. The molecular weight excluding hydrogens is 230 g/mol. The molecule has 1 spiro atoms. The van der Waals surface area contributed by atoms with Crippen molar-refractivity contribution >= 4 is 12.4 Å². The third kappa shape index (κ3) is 2.65. The van der Waals surface area contributed by atoms with Crippen LogP contribution in [0.25, 0.3) is 0 Å². The monoisotopic (exact) mass is 247 g/mol. The topological polar surface area (TPSA) is 12.0 Å². The summed E-state index contributed by atoms with van der Waals surface area (Å²) in [5.74, 6) is 7.43. The number of benzene rings is 1. The lowest BCUT2D eigenvalue weighted by atomic mass is 9.92. The molecule has 0 radical (unpaired) electrons. The Morgan fingerprint density at radius 1 is 1.12 bits per heavy atom. The molecule has 0 bridgehead atoms. The molecule has 1 aromatic carbocycles. The fraction of sp³-hybridized carbons (Fsp3) is 0.467. The van der Waals surface area contributed by atoms with E-state index in [0.29, 0.717) is 11.3 Å². The molecule has 1 nitrogen and oxygen atoms in total. The van der Waals surface area contributed by atoms with E-state index in [2.05, 4.69) is 41.4 Å². The molecule has 2 heteroatoms. The first kappa shape index (κ1) is 12.5. The minimum atomic E-state index is 0. The highest BCUT2D eigenvalue weighted by molar-refractivity contribution is 5.85. The van der Waals surface area contributed by atoms with Crippen molar-refractivity contribution in [2.45, 2.75) is 19.3 Å². The van der Waals surface area contributed by atoms with Crippen LogP contribution in [0.1, 0.15) is 24.8 Å². The van der Waals surface area contributed by atoms with Crippen LogP contribution in [0.3, 0.4) is 0 Å². The minimum Gasteiger partial charge on any atom is -0.317 e. The molecule has 1 heterocycles. The van der Waals surface area contributed by atoms with Gasteiger partial charge in [-0.1, -0.05) is 30.0 Å². The summed E-state index contributed by atoms with van der Waals surface area (Å²) in [7, 11) is 0. The van der Waals surface area contributed by atoms with E-state index in [9.17, 15) is 0 Å². The zero-order chi connectivity index (χ0) is 10.8. The first-order chi connectivity index (χ1) is 7.89. The van der Waals surface area contributed by atoms with Gasteiger partial charge < -0.3 is 5.32 Å². The van der Waals surface area contributed by atoms with E-state index >= 15 is 0 Å². The predicted octanol–water partition coefficient (Wildman–Crippen LogP) is 2.85. The number of piperidine rings is 1. The highest BCUT2D eigenvalue weighted by Crippen LogP contribution is 2.58.